The Morgan fingerprint density at radius 2 is 2.41 bits per heavy atom. The fourth-order valence-corrected chi connectivity index (χ4v) is 1.93. The van der Waals surface area contributed by atoms with Crippen molar-refractivity contribution in [3.8, 4) is 0 Å². The second-order valence-electron chi connectivity index (χ2n) is 4.40. The molecule has 3 N–H and O–H groups in total. The molecule has 5 nitrogen and oxygen atoms in total. The summed E-state index contributed by atoms with van der Waals surface area (Å²) in [7, 11) is 1.68. The molecule has 1 amide bonds. The van der Waals surface area contributed by atoms with E-state index in [1.54, 1.807) is 19.2 Å². The van der Waals surface area contributed by atoms with Gasteiger partial charge in [-0.3, -0.25) is 9.78 Å². The van der Waals surface area contributed by atoms with Crippen LogP contribution in [0.5, 0.6) is 0 Å². The molecule has 1 aliphatic carbocycles. The average molecular weight is 235 g/mol. The molecule has 1 aliphatic rings. The fourth-order valence-electron chi connectivity index (χ4n) is 1.93. The first-order valence-electron chi connectivity index (χ1n) is 5.70. The smallest absolute Gasteiger partial charge is 0.270 e. The molecule has 0 spiro atoms. The summed E-state index contributed by atoms with van der Waals surface area (Å²) >= 11 is 0. The number of amides is 1. The first kappa shape index (κ1) is 11.9. The summed E-state index contributed by atoms with van der Waals surface area (Å²) < 4.78 is 5.42. The summed E-state index contributed by atoms with van der Waals surface area (Å²) in [6.07, 6.45) is 4.67. The summed E-state index contributed by atoms with van der Waals surface area (Å²) in [6.45, 7) is 0.527. The minimum atomic E-state index is -0.208. The number of nitrogen functional groups attached to an aromatic ring is 1. The lowest BCUT2D eigenvalue weighted by atomic mass is 9.80. The van der Waals surface area contributed by atoms with E-state index in [4.69, 9.17) is 10.5 Å². The maximum atomic E-state index is 11.8. The van der Waals surface area contributed by atoms with Crippen LogP contribution in [0.4, 0.5) is 5.69 Å². The zero-order valence-corrected chi connectivity index (χ0v) is 9.90. The third-order valence-corrected chi connectivity index (χ3v) is 3.29. The Hall–Kier alpha value is -1.62. The zero-order chi connectivity index (χ0) is 12.3. The number of carbonyl (C=O) groups is 1. The van der Waals surface area contributed by atoms with Crippen LogP contribution in [-0.2, 0) is 4.74 Å². The minimum absolute atomic E-state index is 0.171. The molecular weight excluding hydrogens is 218 g/mol. The molecule has 2 rings (SSSR count). The van der Waals surface area contributed by atoms with Gasteiger partial charge in [-0.05, 0) is 31.4 Å². The highest BCUT2D eigenvalue weighted by atomic mass is 16.5. The molecule has 0 bridgehead atoms. The number of nitrogens with one attached hydrogen (secondary N) is 1. The summed E-state index contributed by atoms with van der Waals surface area (Å²) in [5, 5.41) is 2.84. The number of aromatic nitrogens is 1. The number of hydrogen-bond acceptors (Lipinski definition) is 4. The first-order valence-corrected chi connectivity index (χ1v) is 5.70. The third-order valence-electron chi connectivity index (χ3n) is 3.29. The number of carbonyl (C=O) groups excluding carboxylic acids is 1. The van der Waals surface area contributed by atoms with Crippen molar-refractivity contribution < 1.29 is 9.53 Å². The number of pyridine rings is 1. The van der Waals surface area contributed by atoms with Crippen molar-refractivity contribution in [2.45, 2.75) is 24.9 Å². The number of ether oxygens (including phenoxy) is 1. The maximum absolute atomic E-state index is 11.8. The fraction of sp³-hybridized carbons (Fsp3) is 0.500. The van der Waals surface area contributed by atoms with Crippen molar-refractivity contribution in [1.29, 1.82) is 0 Å². The molecular formula is C12H17N3O2. The maximum Gasteiger partial charge on any atom is 0.270 e. The van der Waals surface area contributed by atoms with E-state index in [0.717, 1.165) is 19.3 Å². The summed E-state index contributed by atoms with van der Waals surface area (Å²) in [6, 6.07) is 3.22. The molecule has 0 radical (unpaired) electrons. The summed E-state index contributed by atoms with van der Waals surface area (Å²) in [5.74, 6) is -0.208. The molecule has 1 aromatic heterocycles. The minimum Gasteiger partial charge on any atom is -0.399 e. The predicted molar refractivity (Wildman–Crippen MR) is 64.6 cm³/mol. The number of rotatable bonds is 4. The Bertz CT molecular complexity index is 410. The quantitative estimate of drug-likeness (QED) is 0.815. The SMILES string of the molecule is COC1(CNC(=O)c2cc(N)ccn2)CCC1. The van der Waals surface area contributed by atoms with E-state index < -0.39 is 0 Å². The van der Waals surface area contributed by atoms with Gasteiger partial charge in [0.2, 0.25) is 0 Å². The zero-order valence-electron chi connectivity index (χ0n) is 9.90. The van der Waals surface area contributed by atoms with Gasteiger partial charge < -0.3 is 15.8 Å². The molecule has 5 heteroatoms. The molecule has 0 saturated heterocycles. The van der Waals surface area contributed by atoms with Crippen LogP contribution in [-0.4, -0.2) is 30.1 Å². The largest absolute Gasteiger partial charge is 0.399 e. The summed E-state index contributed by atoms with van der Waals surface area (Å²) in [4.78, 5) is 15.8. The van der Waals surface area contributed by atoms with Gasteiger partial charge in [-0.25, -0.2) is 0 Å². The lowest BCUT2D eigenvalue weighted by Crippen LogP contribution is -2.49. The van der Waals surface area contributed by atoms with E-state index in [1.807, 2.05) is 0 Å². The van der Waals surface area contributed by atoms with Gasteiger partial charge in [0, 0.05) is 25.5 Å². The van der Waals surface area contributed by atoms with Crippen molar-refractivity contribution in [3.63, 3.8) is 0 Å². The van der Waals surface area contributed by atoms with Gasteiger partial charge in [0.05, 0.1) is 5.60 Å². The first-order chi connectivity index (χ1) is 8.15. The van der Waals surface area contributed by atoms with Crippen LogP contribution in [0, 0.1) is 0 Å². The van der Waals surface area contributed by atoms with E-state index >= 15 is 0 Å². The Kier molecular flexibility index (Phi) is 3.28. The van der Waals surface area contributed by atoms with Crippen LogP contribution in [0.15, 0.2) is 18.3 Å². The molecule has 1 heterocycles. The van der Waals surface area contributed by atoms with Gasteiger partial charge in [0.1, 0.15) is 5.69 Å². The summed E-state index contributed by atoms with van der Waals surface area (Å²) in [5.41, 5.74) is 6.31. The Morgan fingerprint density at radius 1 is 1.65 bits per heavy atom. The number of methoxy groups -OCH3 is 1. The van der Waals surface area contributed by atoms with Gasteiger partial charge in [0.15, 0.2) is 0 Å². The van der Waals surface area contributed by atoms with Crippen molar-refractivity contribution in [3.05, 3.63) is 24.0 Å². The predicted octanol–water partition coefficient (Wildman–Crippen LogP) is 0.963. The number of nitrogens with zero attached hydrogens (tertiary/aromatic N) is 1. The van der Waals surface area contributed by atoms with Crippen LogP contribution in [0.3, 0.4) is 0 Å². The average Bonchev–Trinajstić information content (AvgIpc) is 2.28. The van der Waals surface area contributed by atoms with Crippen molar-refractivity contribution in [2.75, 3.05) is 19.4 Å². The molecule has 0 aromatic carbocycles. The van der Waals surface area contributed by atoms with Crippen LogP contribution in [0.1, 0.15) is 29.8 Å². The van der Waals surface area contributed by atoms with Crippen LogP contribution >= 0.6 is 0 Å². The Morgan fingerprint density at radius 3 is 2.94 bits per heavy atom. The van der Waals surface area contributed by atoms with Crippen molar-refractivity contribution in [1.82, 2.24) is 10.3 Å². The van der Waals surface area contributed by atoms with Crippen LogP contribution in [0.2, 0.25) is 0 Å². The van der Waals surface area contributed by atoms with Crippen molar-refractivity contribution in [2.24, 2.45) is 0 Å². The third kappa shape index (κ3) is 2.55. The topological polar surface area (TPSA) is 77.2 Å². The molecule has 92 valence electrons. The van der Waals surface area contributed by atoms with Gasteiger partial charge in [0.25, 0.3) is 5.91 Å². The van der Waals surface area contributed by atoms with E-state index in [1.165, 1.54) is 6.20 Å². The highest BCUT2D eigenvalue weighted by molar-refractivity contribution is 5.93. The monoisotopic (exact) mass is 235 g/mol. The highest BCUT2D eigenvalue weighted by Gasteiger charge is 2.37. The number of hydrogen-bond donors (Lipinski definition) is 2. The van der Waals surface area contributed by atoms with E-state index in [2.05, 4.69) is 10.3 Å². The Balaban J connectivity index is 1.93. The molecule has 17 heavy (non-hydrogen) atoms. The van der Waals surface area contributed by atoms with Gasteiger partial charge in [-0.15, -0.1) is 0 Å². The second-order valence-corrected chi connectivity index (χ2v) is 4.40. The van der Waals surface area contributed by atoms with Gasteiger partial charge >= 0.3 is 0 Å². The molecule has 1 saturated carbocycles. The number of nitrogens with two attached hydrogens (primary N) is 1. The van der Waals surface area contributed by atoms with E-state index in [-0.39, 0.29) is 11.5 Å². The molecule has 0 aliphatic heterocycles. The number of anilines is 1. The normalized spacial score (nSPS) is 17.2. The second kappa shape index (κ2) is 4.71. The van der Waals surface area contributed by atoms with Gasteiger partial charge in [-0.1, -0.05) is 0 Å². The lowest BCUT2D eigenvalue weighted by molar-refractivity contribution is -0.0679. The van der Waals surface area contributed by atoms with Crippen LogP contribution in [0.25, 0.3) is 0 Å². The molecule has 1 aromatic rings. The Labute approximate surface area is 100 Å². The molecule has 1 fully saturated rings. The molecule has 0 atom stereocenters. The van der Waals surface area contributed by atoms with E-state index in [9.17, 15) is 4.79 Å². The van der Waals surface area contributed by atoms with Crippen molar-refractivity contribution >= 4 is 11.6 Å². The highest BCUT2D eigenvalue weighted by Crippen LogP contribution is 2.34. The van der Waals surface area contributed by atoms with E-state index in [0.29, 0.717) is 17.9 Å². The molecule has 0 unspecified atom stereocenters. The lowest BCUT2D eigenvalue weighted by Gasteiger charge is -2.40. The van der Waals surface area contributed by atoms with Crippen LogP contribution < -0.4 is 11.1 Å². The van der Waals surface area contributed by atoms with Gasteiger partial charge in [-0.2, -0.15) is 0 Å². The standard InChI is InChI=1S/C12H17N3O2/c1-17-12(4-2-5-12)8-15-11(16)10-7-9(13)3-6-14-10/h3,6-7H,2,4-5,8H2,1H3,(H2,13,14)(H,15,16).